The largest absolute Gasteiger partial charge is 0.480 e. The number of halogens is 3. The summed E-state index contributed by atoms with van der Waals surface area (Å²) in [7, 11) is 0. The predicted molar refractivity (Wildman–Crippen MR) is 82.9 cm³/mol. The maximum Gasteiger partial charge on any atom is 0.406 e. The third-order valence-electron chi connectivity index (χ3n) is 4.75. The van der Waals surface area contributed by atoms with Gasteiger partial charge in [-0.15, -0.1) is 0 Å². The molecule has 2 aliphatic rings. The monoisotopic (exact) mass is 370 g/mol. The van der Waals surface area contributed by atoms with E-state index in [9.17, 15) is 32.7 Å². The molecule has 0 radical (unpaired) electrons. The first-order valence-electron chi connectivity index (χ1n) is 8.10. The molecule has 6 nitrogen and oxygen atoms in total. The summed E-state index contributed by atoms with van der Waals surface area (Å²) in [6.07, 6.45) is -4.75. The van der Waals surface area contributed by atoms with E-state index in [1.54, 1.807) is 24.3 Å². The van der Waals surface area contributed by atoms with E-state index in [2.05, 4.69) is 0 Å². The third kappa shape index (κ3) is 3.66. The van der Waals surface area contributed by atoms with Crippen LogP contribution in [0.25, 0.3) is 0 Å². The molecular weight excluding hydrogens is 353 g/mol. The van der Waals surface area contributed by atoms with Gasteiger partial charge in [-0.2, -0.15) is 13.2 Å². The van der Waals surface area contributed by atoms with E-state index >= 15 is 0 Å². The van der Waals surface area contributed by atoms with Crippen molar-refractivity contribution in [2.24, 2.45) is 5.92 Å². The summed E-state index contributed by atoms with van der Waals surface area (Å²) in [6, 6.07) is 6.03. The van der Waals surface area contributed by atoms with Crippen molar-refractivity contribution in [1.82, 2.24) is 9.80 Å². The quantitative estimate of drug-likeness (QED) is 0.873. The number of carbonyl (C=O) groups excluding carboxylic acids is 2. The number of carboxylic acid groups (broad SMARTS) is 1. The van der Waals surface area contributed by atoms with Gasteiger partial charge in [0.05, 0.1) is 5.92 Å². The van der Waals surface area contributed by atoms with Gasteiger partial charge in [0.1, 0.15) is 12.6 Å². The van der Waals surface area contributed by atoms with Crippen molar-refractivity contribution in [3.63, 3.8) is 0 Å². The van der Waals surface area contributed by atoms with E-state index in [0.29, 0.717) is 4.90 Å². The number of likely N-dealkylation sites (tertiary alicyclic amines) is 1. The van der Waals surface area contributed by atoms with Crippen LogP contribution < -0.4 is 0 Å². The van der Waals surface area contributed by atoms with Gasteiger partial charge >= 0.3 is 12.1 Å². The van der Waals surface area contributed by atoms with Crippen LogP contribution in [-0.4, -0.2) is 58.0 Å². The lowest BCUT2D eigenvalue weighted by molar-refractivity contribution is -0.158. The first-order valence-corrected chi connectivity index (χ1v) is 8.10. The van der Waals surface area contributed by atoms with Crippen LogP contribution in [-0.2, 0) is 27.3 Å². The van der Waals surface area contributed by atoms with Gasteiger partial charge in [-0.3, -0.25) is 9.59 Å². The van der Waals surface area contributed by atoms with Crippen LogP contribution in [0, 0.1) is 5.92 Å². The molecule has 0 spiro atoms. The maximum absolute atomic E-state index is 12.8. The summed E-state index contributed by atoms with van der Waals surface area (Å²) < 4.78 is 37.6. The molecule has 0 bridgehead atoms. The molecule has 1 saturated heterocycles. The standard InChI is InChI=1S/C17H17F3N2O4/c18-17(19,20)9-21-7-12(6-14(21)23)15(24)22-8-11-4-2-1-3-10(11)5-13(22)16(25)26/h1-4,12-13H,5-9H2,(H,25,26)/t12-,13+/m0/s1. The van der Waals surface area contributed by atoms with Crippen molar-refractivity contribution in [2.45, 2.75) is 31.6 Å². The highest BCUT2D eigenvalue weighted by atomic mass is 19.4. The molecule has 2 heterocycles. The molecule has 2 atom stereocenters. The number of rotatable bonds is 3. The molecule has 0 aromatic heterocycles. The molecule has 0 saturated carbocycles. The number of amides is 2. The van der Waals surface area contributed by atoms with Crippen LogP contribution in [0.5, 0.6) is 0 Å². The molecule has 1 aromatic carbocycles. The van der Waals surface area contributed by atoms with Gasteiger partial charge in [0, 0.05) is 25.9 Å². The molecule has 9 heteroatoms. The molecule has 2 amide bonds. The third-order valence-corrected chi connectivity index (χ3v) is 4.75. The fourth-order valence-electron chi connectivity index (χ4n) is 3.52. The van der Waals surface area contributed by atoms with E-state index in [0.717, 1.165) is 11.1 Å². The normalized spacial score (nSPS) is 23.1. The van der Waals surface area contributed by atoms with E-state index in [4.69, 9.17) is 0 Å². The summed E-state index contributed by atoms with van der Waals surface area (Å²) in [4.78, 5) is 38.0. The van der Waals surface area contributed by atoms with Crippen LogP contribution in [0.15, 0.2) is 24.3 Å². The highest BCUT2D eigenvalue weighted by Gasteiger charge is 2.44. The number of fused-ring (bicyclic) bond motifs is 1. The molecule has 0 aliphatic carbocycles. The van der Waals surface area contributed by atoms with Crippen LogP contribution in [0.2, 0.25) is 0 Å². The summed E-state index contributed by atoms with van der Waals surface area (Å²) in [5, 5.41) is 9.46. The van der Waals surface area contributed by atoms with Crippen molar-refractivity contribution in [2.75, 3.05) is 13.1 Å². The SMILES string of the molecule is O=C(O)[C@H]1Cc2ccccc2CN1C(=O)[C@H]1CC(=O)N(CC(F)(F)F)C1. The van der Waals surface area contributed by atoms with Crippen LogP contribution >= 0.6 is 0 Å². The number of hydrogen-bond donors (Lipinski definition) is 1. The summed E-state index contributed by atoms with van der Waals surface area (Å²) >= 11 is 0. The van der Waals surface area contributed by atoms with Gasteiger partial charge in [0.2, 0.25) is 11.8 Å². The first-order chi connectivity index (χ1) is 12.2. The summed E-state index contributed by atoms with van der Waals surface area (Å²) in [5.41, 5.74) is 1.62. The number of benzene rings is 1. The Morgan fingerprint density at radius 3 is 2.42 bits per heavy atom. The van der Waals surface area contributed by atoms with Crippen molar-refractivity contribution in [1.29, 1.82) is 0 Å². The highest BCUT2D eigenvalue weighted by molar-refractivity contribution is 5.91. The minimum Gasteiger partial charge on any atom is -0.480 e. The number of carboxylic acids is 1. The first kappa shape index (κ1) is 18.2. The Balaban J connectivity index is 1.78. The average molecular weight is 370 g/mol. The molecule has 26 heavy (non-hydrogen) atoms. The second-order valence-electron chi connectivity index (χ2n) is 6.58. The highest BCUT2D eigenvalue weighted by Crippen LogP contribution is 2.29. The second-order valence-corrected chi connectivity index (χ2v) is 6.58. The lowest BCUT2D eigenvalue weighted by Gasteiger charge is -2.35. The molecule has 1 N–H and O–H groups in total. The average Bonchev–Trinajstić information content (AvgIpc) is 2.91. The van der Waals surface area contributed by atoms with Gasteiger partial charge in [-0.05, 0) is 11.1 Å². The lowest BCUT2D eigenvalue weighted by atomic mass is 9.92. The van der Waals surface area contributed by atoms with Crippen LogP contribution in [0.1, 0.15) is 17.5 Å². The van der Waals surface area contributed by atoms with Crippen molar-refractivity contribution in [3.8, 4) is 0 Å². The van der Waals surface area contributed by atoms with Crippen molar-refractivity contribution < 1.29 is 32.7 Å². The zero-order valence-corrected chi connectivity index (χ0v) is 13.7. The zero-order valence-electron chi connectivity index (χ0n) is 13.7. The maximum atomic E-state index is 12.8. The number of alkyl halides is 3. The number of hydrogen-bond acceptors (Lipinski definition) is 3. The van der Waals surface area contributed by atoms with Gasteiger partial charge in [-0.1, -0.05) is 24.3 Å². The van der Waals surface area contributed by atoms with E-state index < -0.39 is 42.5 Å². The summed E-state index contributed by atoms with van der Waals surface area (Å²) in [6.45, 7) is -1.68. The van der Waals surface area contributed by atoms with Crippen molar-refractivity contribution >= 4 is 17.8 Å². The molecule has 0 unspecified atom stereocenters. The van der Waals surface area contributed by atoms with E-state index in [1.807, 2.05) is 0 Å². The summed E-state index contributed by atoms with van der Waals surface area (Å²) in [5.74, 6) is -3.48. The van der Waals surface area contributed by atoms with E-state index in [1.165, 1.54) is 4.90 Å². The Kier molecular flexibility index (Phi) is 4.64. The van der Waals surface area contributed by atoms with Gasteiger partial charge in [-0.25, -0.2) is 4.79 Å². The van der Waals surface area contributed by atoms with Gasteiger partial charge in [0.25, 0.3) is 0 Å². The molecular formula is C17H17F3N2O4. The van der Waals surface area contributed by atoms with Gasteiger partial charge in [0.15, 0.2) is 0 Å². The lowest BCUT2D eigenvalue weighted by Crippen LogP contribution is -2.51. The Morgan fingerprint density at radius 1 is 1.15 bits per heavy atom. The Morgan fingerprint density at radius 2 is 1.81 bits per heavy atom. The minimum absolute atomic E-state index is 0.0654. The topological polar surface area (TPSA) is 77.9 Å². The minimum atomic E-state index is -4.54. The number of aliphatic carboxylic acids is 1. The molecule has 1 aromatic rings. The zero-order chi connectivity index (χ0) is 19.1. The number of carbonyl (C=O) groups is 3. The fourth-order valence-corrected chi connectivity index (χ4v) is 3.52. The van der Waals surface area contributed by atoms with E-state index in [-0.39, 0.29) is 25.9 Å². The Hall–Kier alpha value is -2.58. The Labute approximate surface area is 147 Å². The van der Waals surface area contributed by atoms with Gasteiger partial charge < -0.3 is 14.9 Å². The molecule has 1 fully saturated rings. The predicted octanol–water partition coefficient (Wildman–Crippen LogP) is 1.44. The van der Waals surface area contributed by atoms with Crippen LogP contribution in [0.4, 0.5) is 13.2 Å². The van der Waals surface area contributed by atoms with Crippen molar-refractivity contribution in [3.05, 3.63) is 35.4 Å². The Bertz CT molecular complexity index is 750. The molecule has 2 aliphatic heterocycles. The van der Waals surface area contributed by atoms with Crippen LogP contribution in [0.3, 0.4) is 0 Å². The number of nitrogens with zero attached hydrogens (tertiary/aromatic N) is 2. The fraction of sp³-hybridized carbons (Fsp3) is 0.471. The molecule has 140 valence electrons. The smallest absolute Gasteiger partial charge is 0.406 e. The second kappa shape index (κ2) is 6.62. The molecule has 3 rings (SSSR count).